The van der Waals surface area contributed by atoms with E-state index in [1.165, 1.54) is 4.31 Å². The average Bonchev–Trinajstić information content (AvgIpc) is 1.85. The summed E-state index contributed by atoms with van der Waals surface area (Å²) in [6.07, 6.45) is 0. The first-order valence-electron chi connectivity index (χ1n) is 3.25. The fourth-order valence-corrected chi connectivity index (χ4v) is 2.82. The van der Waals surface area contributed by atoms with Gasteiger partial charge < -0.3 is 5.11 Å². The quantitative estimate of drug-likeness (QED) is 0.687. The number of aliphatic hydroxyl groups is 1. The summed E-state index contributed by atoms with van der Waals surface area (Å²) in [6.45, 7) is 1.00. The maximum Gasteiger partial charge on any atom is 0.224 e. The molecule has 11 heavy (non-hydrogen) atoms. The maximum atomic E-state index is 11.0. The molecule has 1 aliphatic rings. The summed E-state index contributed by atoms with van der Waals surface area (Å²) in [5.41, 5.74) is 0. The SMILES string of the molecule is O=S(=O)(CBr)N1CC(CO)C1. The molecule has 0 unspecified atom stereocenters. The zero-order chi connectivity index (χ0) is 8.48. The molecule has 0 radical (unpaired) electrons. The average molecular weight is 244 g/mol. The molecular formula is C5H10BrNO3S. The van der Waals surface area contributed by atoms with Crippen LogP contribution in [0.25, 0.3) is 0 Å². The van der Waals surface area contributed by atoms with Crippen LogP contribution in [0.2, 0.25) is 0 Å². The summed E-state index contributed by atoms with van der Waals surface area (Å²) >= 11 is 2.90. The van der Waals surface area contributed by atoms with E-state index in [-0.39, 0.29) is 17.2 Å². The lowest BCUT2D eigenvalue weighted by Crippen LogP contribution is -2.51. The molecule has 1 heterocycles. The van der Waals surface area contributed by atoms with Crippen LogP contribution in [-0.4, -0.2) is 42.2 Å². The van der Waals surface area contributed by atoms with Crippen molar-refractivity contribution in [2.75, 3.05) is 24.4 Å². The van der Waals surface area contributed by atoms with Crippen LogP contribution in [0.4, 0.5) is 0 Å². The van der Waals surface area contributed by atoms with E-state index in [2.05, 4.69) is 15.9 Å². The summed E-state index contributed by atoms with van der Waals surface area (Å²) in [4.78, 5) is 0. The van der Waals surface area contributed by atoms with Crippen LogP contribution in [0.1, 0.15) is 0 Å². The molecule has 0 aliphatic carbocycles. The number of hydrogen-bond acceptors (Lipinski definition) is 3. The van der Waals surface area contributed by atoms with Crippen molar-refractivity contribution in [3.8, 4) is 0 Å². The Morgan fingerprint density at radius 1 is 1.55 bits per heavy atom. The van der Waals surface area contributed by atoms with E-state index in [1.807, 2.05) is 0 Å². The van der Waals surface area contributed by atoms with Gasteiger partial charge in [0.25, 0.3) is 0 Å². The lowest BCUT2D eigenvalue weighted by Gasteiger charge is -2.36. The summed E-state index contributed by atoms with van der Waals surface area (Å²) in [6, 6.07) is 0. The van der Waals surface area contributed by atoms with Crippen molar-refractivity contribution in [1.29, 1.82) is 0 Å². The standard InChI is InChI=1S/C5H10BrNO3S/c6-4-11(9,10)7-1-5(2-7)3-8/h5,8H,1-4H2. The maximum absolute atomic E-state index is 11.0. The minimum atomic E-state index is -3.07. The van der Waals surface area contributed by atoms with Crippen LogP contribution in [0.5, 0.6) is 0 Å². The van der Waals surface area contributed by atoms with Crippen molar-refractivity contribution in [3.63, 3.8) is 0 Å². The molecule has 0 aromatic carbocycles. The number of halogens is 1. The monoisotopic (exact) mass is 243 g/mol. The normalized spacial score (nSPS) is 21.6. The molecule has 1 fully saturated rings. The molecule has 1 rings (SSSR count). The highest BCUT2D eigenvalue weighted by Crippen LogP contribution is 2.19. The van der Waals surface area contributed by atoms with Gasteiger partial charge in [-0.25, -0.2) is 12.7 Å². The van der Waals surface area contributed by atoms with Crippen molar-refractivity contribution in [2.45, 2.75) is 0 Å². The number of aliphatic hydroxyl groups excluding tert-OH is 1. The Balaban J connectivity index is 2.44. The van der Waals surface area contributed by atoms with Gasteiger partial charge in [-0.2, -0.15) is 0 Å². The molecular weight excluding hydrogens is 234 g/mol. The molecule has 0 saturated carbocycles. The van der Waals surface area contributed by atoms with E-state index >= 15 is 0 Å². The Bertz CT molecular complexity index is 222. The third-order valence-electron chi connectivity index (χ3n) is 1.71. The van der Waals surface area contributed by atoms with Gasteiger partial charge in [0.2, 0.25) is 10.0 Å². The predicted octanol–water partition coefficient (Wildman–Crippen LogP) is -0.407. The van der Waals surface area contributed by atoms with Gasteiger partial charge in [-0.05, 0) is 0 Å². The number of rotatable bonds is 3. The minimum Gasteiger partial charge on any atom is -0.396 e. The Kier molecular flexibility index (Phi) is 2.90. The van der Waals surface area contributed by atoms with Crippen LogP contribution in [0.15, 0.2) is 0 Å². The van der Waals surface area contributed by atoms with Crippen molar-refractivity contribution in [1.82, 2.24) is 4.31 Å². The second-order valence-corrected chi connectivity index (χ2v) is 5.86. The fraction of sp³-hybridized carbons (Fsp3) is 1.00. The molecule has 0 aromatic rings. The smallest absolute Gasteiger partial charge is 0.224 e. The zero-order valence-electron chi connectivity index (χ0n) is 5.90. The summed E-state index contributed by atoms with van der Waals surface area (Å²) in [7, 11) is -3.07. The van der Waals surface area contributed by atoms with E-state index in [0.717, 1.165) is 0 Å². The van der Waals surface area contributed by atoms with Gasteiger partial charge in [-0.3, -0.25) is 0 Å². The van der Waals surface area contributed by atoms with Gasteiger partial charge in [-0.1, -0.05) is 15.9 Å². The predicted molar refractivity (Wildman–Crippen MR) is 44.9 cm³/mol. The van der Waals surface area contributed by atoms with E-state index in [0.29, 0.717) is 13.1 Å². The number of hydrogen-bond donors (Lipinski definition) is 1. The Morgan fingerprint density at radius 3 is 2.45 bits per heavy atom. The molecule has 0 bridgehead atoms. The zero-order valence-corrected chi connectivity index (χ0v) is 8.31. The number of nitrogens with zero attached hydrogens (tertiary/aromatic N) is 1. The second kappa shape index (κ2) is 3.38. The number of alkyl halides is 1. The Hall–Kier alpha value is 0.350. The fourth-order valence-electron chi connectivity index (χ4n) is 0.934. The lowest BCUT2D eigenvalue weighted by molar-refractivity contribution is 0.117. The molecule has 0 atom stereocenters. The first-order valence-corrected chi connectivity index (χ1v) is 5.98. The molecule has 6 heteroatoms. The molecule has 4 nitrogen and oxygen atoms in total. The molecule has 66 valence electrons. The highest BCUT2D eigenvalue weighted by molar-refractivity contribution is 9.10. The highest BCUT2D eigenvalue weighted by Gasteiger charge is 2.34. The van der Waals surface area contributed by atoms with E-state index in [1.54, 1.807) is 0 Å². The lowest BCUT2D eigenvalue weighted by atomic mass is 10.1. The molecule has 0 aromatic heterocycles. The van der Waals surface area contributed by atoms with Crippen molar-refractivity contribution >= 4 is 26.0 Å². The minimum absolute atomic E-state index is 0.0296. The van der Waals surface area contributed by atoms with Crippen LogP contribution in [0.3, 0.4) is 0 Å². The van der Waals surface area contributed by atoms with Crippen LogP contribution in [-0.2, 0) is 10.0 Å². The summed E-state index contributed by atoms with van der Waals surface area (Å²) < 4.78 is 23.4. The molecule has 1 aliphatic heterocycles. The van der Waals surface area contributed by atoms with Gasteiger partial charge in [0.15, 0.2) is 0 Å². The van der Waals surface area contributed by atoms with Gasteiger partial charge in [-0.15, -0.1) is 0 Å². The van der Waals surface area contributed by atoms with Crippen molar-refractivity contribution in [2.24, 2.45) is 5.92 Å². The van der Waals surface area contributed by atoms with Crippen LogP contribution >= 0.6 is 15.9 Å². The molecule has 1 N–H and O–H groups in total. The molecule has 1 saturated heterocycles. The third-order valence-corrected chi connectivity index (χ3v) is 4.81. The Morgan fingerprint density at radius 2 is 2.09 bits per heavy atom. The van der Waals surface area contributed by atoms with E-state index in [9.17, 15) is 8.42 Å². The third kappa shape index (κ3) is 1.93. The van der Waals surface area contributed by atoms with Crippen molar-refractivity contribution in [3.05, 3.63) is 0 Å². The number of sulfonamides is 1. The van der Waals surface area contributed by atoms with Crippen LogP contribution < -0.4 is 0 Å². The first kappa shape index (κ1) is 9.44. The first-order chi connectivity index (χ1) is 5.10. The summed E-state index contributed by atoms with van der Waals surface area (Å²) in [5, 5.41) is 8.61. The largest absolute Gasteiger partial charge is 0.396 e. The molecule has 0 spiro atoms. The van der Waals surface area contributed by atoms with Crippen LogP contribution in [0, 0.1) is 5.92 Å². The topological polar surface area (TPSA) is 57.6 Å². The Labute approximate surface area is 74.4 Å². The van der Waals surface area contributed by atoms with Gasteiger partial charge in [0.1, 0.15) is 4.66 Å². The van der Waals surface area contributed by atoms with Gasteiger partial charge >= 0.3 is 0 Å². The van der Waals surface area contributed by atoms with E-state index < -0.39 is 10.0 Å². The highest BCUT2D eigenvalue weighted by atomic mass is 79.9. The second-order valence-electron chi connectivity index (χ2n) is 2.59. The molecule has 0 amide bonds. The summed E-state index contributed by atoms with van der Waals surface area (Å²) in [5.74, 6) is 0.142. The van der Waals surface area contributed by atoms with Crippen molar-refractivity contribution < 1.29 is 13.5 Å². The van der Waals surface area contributed by atoms with E-state index in [4.69, 9.17) is 5.11 Å². The van der Waals surface area contributed by atoms with Gasteiger partial charge in [0.05, 0.1) is 0 Å². The van der Waals surface area contributed by atoms with Gasteiger partial charge in [0, 0.05) is 25.6 Å².